The van der Waals surface area contributed by atoms with Gasteiger partial charge in [-0.15, -0.1) is 11.8 Å². The van der Waals surface area contributed by atoms with Gasteiger partial charge in [-0.2, -0.15) is 9.36 Å². The second-order valence-electron chi connectivity index (χ2n) is 15.1. The minimum Gasteiger partial charge on any atom is -0.452 e. The topological polar surface area (TPSA) is 221 Å². The summed E-state index contributed by atoms with van der Waals surface area (Å²) in [5.74, 6) is -1.92. The molecular formula is C35H47BN10O9PS2+. The largest absolute Gasteiger partial charge is 0.452 e. The van der Waals surface area contributed by atoms with Gasteiger partial charge in [0.1, 0.15) is 47.0 Å². The Morgan fingerprint density at radius 1 is 1.10 bits per heavy atom. The molecule has 3 aromatic rings. The van der Waals surface area contributed by atoms with Gasteiger partial charge in [0.25, 0.3) is 11.8 Å². The zero-order chi connectivity index (χ0) is 42.4. The maximum absolute atomic E-state index is 13.8. The summed E-state index contributed by atoms with van der Waals surface area (Å²) in [5.41, 5.74) is 0.556. The summed E-state index contributed by atoms with van der Waals surface area (Å²) in [4.78, 5) is 80.6. The van der Waals surface area contributed by atoms with E-state index < -0.39 is 60.6 Å². The first-order valence-electron chi connectivity index (χ1n) is 18.4. The number of hydrogen-bond donors (Lipinski definition) is 3. The van der Waals surface area contributed by atoms with Crippen molar-refractivity contribution in [1.82, 2.24) is 34.4 Å². The van der Waals surface area contributed by atoms with Crippen LogP contribution in [0.1, 0.15) is 67.1 Å². The van der Waals surface area contributed by atoms with E-state index in [1.165, 1.54) is 16.7 Å². The van der Waals surface area contributed by atoms with Gasteiger partial charge in [0.2, 0.25) is 23.0 Å². The summed E-state index contributed by atoms with van der Waals surface area (Å²) >= 11 is 2.16. The molecule has 2 radical (unpaired) electrons. The third kappa shape index (κ3) is 11.4. The monoisotopic (exact) mass is 857 g/mol. The maximum Gasteiger partial charge on any atom is 0.414 e. The Kier molecular flexibility index (Phi) is 14.4. The van der Waals surface area contributed by atoms with Gasteiger partial charge in [-0.25, -0.2) is 19.0 Å². The quantitative estimate of drug-likeness (QED) is 0.0379. The fraction of sp³-hybridized carbons (Fsp3) is 0.543. The number of hydrogen-bond acceptors (Lipinski definition) is 15. The predicted octanol–water partition coefficient (Wildman–Crippen LogP) is 3.58. The lowest BCUT2D eigenvalue weighted by Gasteiger charge is -2.49. The molecule has 0 bridgehead atoms. The second-order valence-corrected chi connectivity index (χ2v) is 18.2. The van der Waals surface area contributed by atoms with Crippen molar-refractivity contribution in [3.05, 3.63) is 41.8 Å². The average Bonchev–Trinajstić information content (AvgIpc) is 3.76. The third-order valence-corrected chi connectivity index (χ3v) is 10.4. The molecule has 58 heavy (non-hydrogen) atoms. The van der Waals surface area contributed by atoms with Crippen LogP contribution >= 0.6 is 31.3 Å². The number of unbranched alkanes of at least 4 members (excludes halogenated alkanes) is 1. The number of amides is 4. The van der Waals surface area contributed by atoms with E-state index in [0.717, 1.165) is 29.9 Å². The Labute approximate surface area is 346 Å². The van der Waals surface area contributed by atoms with Crippen LogP contribution in [-0.4, -0.2) is 115 Å². The minimum absolute atomic E-state index is 0.0524. The number of thioether (sulfide) groups is 1. The van der Waals surface area contributed by atoms with E-state index in [9.17, 15) is 24.0 Å². The highest BCUT2D eigenvalue weighted by Gasteiger charge is 2.55. The predicted molar refractivity (Wildman–Crippen MR) is 218 cm³/mol. The van der Waals surface area contributed by atoms with E-state index >= 15 is 0 Å². The van der Waals surface area contributed by atoms with Crippen LogP contribution in [0.15, 0.2) is 41.1 Å². The van der Waals surface area contributed by atoms with E-state index in [1.54, 1.807) is 40.7 Å². The lowest BCUT2D eigenvalue weighted by molar-refractivity contribution is -0.664. The van der Waals surface area contributed by atoms with Gasteiger partial charge < -0.3 is 34.0 Å². The van der Waals surface area contributed by atoms with E-state index in [0.29, 0.717) is 30.1 Å². The third-order valence-electron chi connectivity index (χ3n) is 8.01. The number of carbonyl (C=O) groups excluding carboxylic acids is 5. The molecule has 0 saturated carbocycles. The van der Waals surface area contributed by atoms with Crippen molar-refractivity contribution in [1.29, 1.82) is 0 Å². The zero-order valence-corrected chi connectivity index (χ0v) is 36.1. The first-order valence-corrected chi connectivity index (χ1v) is 22.0. The molecule has 0 spiro atoms. The Morgan fingerprint density at radius 3 is 2.52 bits per heavy atom. The number of β-lactam (4-membered cyclic amide) rings is 1. The van der Waals surface area contributed by atoms with Crippen molar-refractivity contribution >= 4 is 90.9 Å². The van der Waals surface area contributed by atoms with Gasteiger partial charge in [-0.3, -0.25) is 19.8 Å². The fourth-order valence-electron chi connectivity index (χ4n) is 5.76. The SMILES string of the molecule is [B]P(C)OC(=O)C1=C(C[n+]2cccc3c2ncn3CCCCNC(=O)OC(C)(C)C)CSC2C(NC(=O)/C(=N/OCC)c3nsc(NC(=O)OC(C)(C)C)n3)C(=O)N12. The number of nitrogens with zero attached hydrogens (tertiary/aromatic N) is 7. The molecule has 0 aliphatic carbocycles. The van der Waals surface area contributed by atoms with Crippen molar-refractivity contribution in [2.45, 2.75) is 97.0 Å². The van der Waals surface area contributed by atoms with E-state index in [4.69, 9.17) is 26.4 Å². The summed E-state index contributed by atoms with van der Waals surface area (Å²) in [5, 5.41) is 11.2. The molecule has 3 unspecified atom stereocenters. The lowest BCUT2D eigenvalue weighted by Crippen LogP contribution is -2.71. The van der Waals surface area contributed by atoms with Gasteiger partial charge in [-0.1, -0.05) is 5.16 Å². The number of fused-ring (bicyclic) bond motifs is 2. The molecule has 2 aliphatic heterocycles. The number of nitrogens with one attached hydrogen (secondary N) is 3. The van der Waals surface area contributed by atoms with Crippen LogP contribution in [0.4, 0.5) is 14.7 Å². The van der Waals surface area contributed by atoms with E-state index in [2.05, 4.69) is 35.4 Å². The molecule has 1 fully saturated rings. The van der Waals surface area contributed by atoms with Crippen LogP contribution in [-0.2, 0) is 46.3 Å². The van der Waals surface area contributed by atoms with Crippen LogP contribution in [0, 0.1) is 0 Å². The number of ether oxygens (including phenoxy) is 2. The lowest BCUT2D eigenvalue weighted by atomic mass is 10.0. The van der Waals surface area contributed by atoms with E-state index in [1.807, 2.05) is 48.2 Å². The summed E-state index contributed by atoms with van der Waals surface area (Å²) in [7, 11) is 4.29. The average molecular weight is 858 g/mol. The highest BCUT2D eigenvalue weighted by molar-refractivity contribution is 8.00. The Balaban J connectivity index is 1.29. The molecule has 5 heterocycles. The smallest absolute Gasteiger partial charge is 0.414 e. The van der Waals surface area contributed by atoms with E-state index in [-0.39, 0.29) is 35.5 Å². The number of imidazole rings is 1. The Morgan fingerprint density at radius 2 is 1.83 bits per heavy atom. The number of oxime groups is 1. The Hall–Kier alpha value is -4.82. The second kappa shape index (κ2) is 18.8. The first-order chi connectivity index (χ1) is 27.3. The molecule has 4 amide bonds. The molecule has 23 heteroatoms. The molecular weight excluding hydrogens is 810 g/mol. The molecule has 5 rings (SSSR count). The van der Waals surface area contributed by atoms with Crippen LogP contribution in [0.3, 0.4) is 0 Å². The van der Waals surface area contributed by atoms with Gasteiger partial charge in [0, 0.05) is 44.0 Å². The van der Waals surface area contributed by atoms with Crippen LogP contribution in [0.2, 0.25) is 0 Å². The molecule has 0 aromatic carbocycles. The van der Waals surface area contributed by atoms with Crippen molar-refractivity contribution in [2.75, 3.05) is 30.9 Å². The number of carbonyl (C=O) groups is 5. The fourth-order valence-corrected chi connectivity index (χ4v) is 8.00. The van der Waals surface area contributed by atoms with Crippen molar-refractivity contribution in [2.24, 2.45) is 5.16 Å². The number of anilines is 1. The summed E-state index contributed by atoms with van der Waals surface area (Å²) in [6.07, 6.45) is 3.87. The highest BCUT2D eigenvalue weighted by Crippen LogP contribution is 2.42. The highest BCUT2D eigenvalue weighted by atomic mass is 32.2. The normalized spacial score (nSPS) is 17.6. The molecule has 3 aromatic heterocycles. The van der Waals surface area contributed by atoms with Crippen molar-refractivity contribution < 1.29 is 47.4 Å². The molecule has 3 atom stereocenters. The van der Waals surface area contributed by atoms with Crippen LogP contribution in [0.5, 0.6) is 0 Å². The number of rotatable bonds is 15. The van der Waals surface area contributed by atoms with Gasteiger partial charge in [0.15, 0.2) is 7.57 Å². The molecule has 310 valence electrons. The molecule has 1 saturated heterocycles. The standard InChI is InChI=1S/C35H46BN10O9PS2/c1-9-52-42-22(25-40-31(58-43-25)41-33(51)54-35(5,6)7)27(47)39-23-28(48)46-24(30(49)55-56(8)36)20(18-57-29(23)46)17-44-16-12-13-21-26(44)38-19-45(21)15-11-10-14-37-32(50)53-34(2,3)4/h12-13,16,19,23,29H,9-11,14-15,17-18H2,1-8H3,(H2-,37,39,40,41,43,47,50,51)/p+1/b42-22+. The summed E-state index contributed by atoms with van der Waals surface area (Å²) < 4.78 is 24.1. The minimum atomic E-state index is -1.61. The van der Waals surface area contributed by atoms with Crippen LogP contribution < -0.4 is 20.5 Å². The Bertz CT molecular complexity index is 2100. The molecule has 3 N–H and O–H groups in total. The maximum atomic E-state index is 13.8. The van der Waals surface area contributed by atoms with Crippen LogP contribution in [0.25, 0.3) is 11.2 Å². The summed E-state index contributed by atoms with van der Waals surface area (Å²) in [6, 6.07) is 2.78. The number of pyridine rings is 1. The summed E-state index contributed by atoms with van der Waals surface area (Å²) in [6.45, 7) is 15.3. The molecule has 19 nitrogen and oxygen atoms in total. The number of aromatic nitrogens is 5. The van der Waals surface area contributed by atoms with Gasteiger partial charge in [-0.05, 0) is 85.1 Å². The van der Waals surface area contributed by atoms with Gasteiger partial charge >= 0.3 is 23.8 Å². The van der Waals surface area contributed by atoms with Gasteiger partial charge in [0.05, 0.1) is 6.20 Å². The zero-order valence-electron chi connectivity index (χ0n) is 33.6. The van der Waals surface area contributed by atoms with Crippen molar-refractivity contribution in [3.63, 3.8) is 0 Å². The van der Waals surface area contributed by atoms with Crippen molar-refractivity contribution in [3.8, 4) is 0 Å². The number of aryl methyl sites for hydroxylation is 1. The number of alkyl carbamates (subject to hydrolysis) is 1. The first kappa shape index (κ1) is 44.3. The molecule has 2 aliphatic rings.